The Balaban J connectivity index is 2.03. The number of carboxylic acid groups (broad SMARTS) is 1. The molecule has 0 fully saturated rings. The molecule has 0 saturated heterocycles. The number of carbonyl (C=O) groups is 3. The largest absolute Gasteiger partial charge is 0.487 e. The number of carbonyl (C=O) groups excluding carboxylic acids is 2. The van der Waals surface area contributed by atoms with Crippen LogP contribution in [0.1, 0.15) is 134 Å². The summed E-state index contributed by atoms with van der Waals surface area (Å²) in [4.78, 5) is 34.9. The number of hydrogen-bond acceptors (Lipinski definition) is 5. The van der Waals surface area contributed by atoms with E-state index in [4.69, 9.17) is 14.6 Å². The zero-order chi connectivity index (χ0) is 30.7. The molecule has 6 nitrogen and oxygen atoms in total. The van der Waals surface area contributed by atoms with Crippen LogP contribution in [0.15, 0.2) is 0 Å². The van der Waals surface area contributed by atoms with E-state index in [2.05, 4.69) is 34.6 Å². The van der Waals surface area contributed by atoms with Gasteiger partial charge >= 0.3 is 11.9 Å². The van der Waals surface area contributed by atoms with Crippen molar-refractivity contribution in [1.82, 2.24) is 0 Å². The highest BCUT2D eigenvalue weighted by Crippen LogP contribution is 2.47. The van der Waals surface area contributed by atoms with Gasteiger partial charge in [-0.3, -0.25) is 9.59 Å². The van der Waals surface area contributed by atoms with Crippen molar-refractivity contribution in [2.45, 2.75) is 144 Å². The van der Waals surface area contributed by atoms with Crippen molar-refractivity contribution in [1.29, 1.82) is 0 Å². The molecule has 1 aromatic rings. The lowest BCUT2D eigenvalue weighted by atomic mass is 9.75. The molecule has 0 aliphatic carbocycles. The van der Waals surface area contributed by atoms with E-state index in [1.165, 1.54) is 38.5 Å². The molecule has 0 saturated carbocycles. The minimum absolute atomic E-state index is 0.138. The summed E-state index contributed by atoms with van der Waals surface area (Å²) in [5, 5.41) is 8.89. The number of ether oxygens (including phenoxy) is 2. The lowest BCUT2D eigenvalue weighted by Gasteiger charge is -2.43. The van der Waals surface area contributed by atoms with Crippen molar-refractivity contribution in [3.05, 3.63) is 22.3 Å². The second-order valence-electron chi connectivity index (χ2n) is 13.4. The fourth-order valence-corrected chi connectivity index (χ4v) is 6.32. The van der Waals surface area contributed by atoms with Gasteiger partial charge in [0.2, 0.25) is 0 Å². The lowest BCUT2D eigenvalue weighted by Crippen LogP contribution is -2.44. The molecule has 1 aliphatic rings. The number of carboxylic acids is 1. The van der Waals surface area contributed by atoms with E-state index in [-0.39, 0.29) is 18.8 Å². The average Bonchev–Trinajstić information content (AvgIpc) is 2.90. The van der Waals surface area contributed by atoms with Gasteiger partial charge in [0, 0.05) is 17.9 Å². The van der Waals surface area contributed by atoms with Crippen molar-refractivity contribution in [2.24, 2.45) is 23.7 Å². The molecule has 1 unspecified atom stereocenters. The minimum atomic E-state index is -1.02. The van der Waals surface area contributed by atoms with Crippen LogP contribution in [0.4, 0.5) is 0 Å². The Bertz CT molecular complexity index is 1030. The van der Waals surface area contributed by atoms with Crippen LogP contribution >= 0.6 is 0 Å². The van der Waals surface area contributed by atoms with E-state index in [1.54, 1.807) is 0 Å². The van der Waals surface area contributed by atoms with Gasteiger partial charge in [0.1, 0.15) is 23.4 Å². The number of esters is 1. The Morgan fingerprint density at radius 3 is 2.10 bits per heavy atom. The van der Waals surface area contributed by atoms with Crippen LogP contribution in [0.5, 0.6) is 11.5 Å². The van der Waals surface area contributed by atoms with Crippen molar-refractivity contribution in [2.75, 3.05) is 0 Å². The van der Waals surface area contributed by atoms with Crippen LogP contribution in [-0.4, -0.2) is 28.9 Å². The maximum absolute atomic E-state index is 12.3. The van der Waals surface area contributed by atoms with Gasteiger partial charge in [-0.2, -0.15) is 0 Å². The molecule has 1 N–H and O–H groups in total. The molecule has 0 amide bonds. The van der Waals surface area contributed by atoms with Crippen molar-refractivity contribution in [3.63, 3.8) is 0 Å². The average molecular weight is 573 g/mol. The quantitative estimate of drug-likeness (QED) is 0.107. The number of fused-ring (bicyclic) bond motifs is 1. The van der Waals surface area contributed by atoms with Crippen LogP contribution < -0.4 is 9.47 Å². The highest BCUT2D eigenvalue weighted by molar-refractivity contribution is 5.79. The van der Waals surface area contributed by atoms with Crippen LogP contribution in [0.3, 0.4) is 0 Å². The van der Waals surface area contributed by atoms with Gasteiger partial charge in [-0.05, 0) is 81.4 Å². The predicted octanol–water partition coefficient (Wildman–Crippen LogP) is 8.72. The van der Waals surface area contributed by atoms with Crippen molar-refractivity contribution >= 4 is 18.2 Å². The Labute approximate surface area is 249 Å². The summed E-state index contributed by atoms with van der Waals surface area (Å²) >= 11 is 0. The summed E-state index contributed by atoms with van der Waals surface area (Å²) in [5.74, 6) is 2.13. The Kier molecular flexibility index (Phi) is 13.9. The molecule has 232 valence electrons. The first kappa shape index (κ1) is 34.8. The molecule has 0 radical (unpaired) electrons. The first-order valence-electron chi connectivity index (χ1n) is 16.0. The molecule has 1 aliphatic heterocycles. The van der Waals surface area contributed by atoms with E-state index in [0.717, 1.165) is 71.8 Å². The van der Waals surface area contributed by atoms with Crippen molar-refractivity contribution in [3.8, 4) is 11.5 Å². The van der Waals surface area contributed by atoms with Crippen LogP contribution in [0.2, 0.25) is 0 Å². The molecule has 1 aromatic carbocycles. The number of rotatable bonds is 18. The highest BCUT2D eigenvalue weighted by Gasteiger charge is 2.41. The van der Waals surface area contributed by atoms with Crippen LogP contribution in [-0.2, 0) is 20.8 Å². The van der Waals surface area contributed by atoms with E-state index >= 15 is 0 Å². The van der Waals surface area contributed by atoms with E-state index < -0.39 is 17.5 Å². The fraction of sp³-hybridized carbons (Fsp3) is 0.743. The first-order chi connectivity index (χ1) is 19.3. The molecule has 6 heteroatoms. The third kappa shape index (κ3) is 10.4. The molecular formula is C35H56O6. The van der Waals surface area contributed by atoms with Gasteiger partial charge in [0.15, 0.2) is 0 Å². The van der Waals surface area contributed by atoms with Gasteiger partial charge in [-0.1, -0.05) is 72.6 Å². The smallest absolute Gasteiger partial charge is 0.311 e. The summed E-state index contributed by atoms with van der Waals surface area (Å²) in [5.41, 5.74) is 3.22. The predicted molar refractivity (Wildman–Crippen MR) is 165 cm³/mol. The topological polar surface area (TPSA) is 89.9 Å². The Hall–Kier alpha value is -2.37. The first-order valence-corrected chi connectivity index (χ1v) is 16.0. The summed E-state index contributed by atoms with van der Waals surface area (Å²) in [6, 6.07) is 0. The molecule has 41 heavy (non-hydrogen) atoms. The number of aliphatic carboxylic acids is 1. The summed E-state index contributed by atoms with van der Waals surface area (Å²) in [7, 11) is 0. The molecule has 4 atom stereocenters. The van der Waals surface area contributed by atoms with Gasteiger partial charge < -0.3 is 19.4 Å². The highest BCUT2D eigenvalue weighted by atomic mass is 16.5. The van der Waals surface area contributed by atoms with Gasteiger partial charge in [-0.15, -0.1) is 0 Å². The second kappa shape index (κ2) is 16.3. The minimum Gasteiger partial charge on any atom is -0.487 e. The lowest BCUT2D eigenvalue weighted by molar-refractivity contribution is -0.142. The molecule has 0 spiro atoms. The standard InChI is InChI=1S/C35H56O6/c1-23(2)11-9-12-24(3)13-10-14-25(4)15-16-29(20-22-36)35(8)21-19-30-28(7)33(26(5)27(6)34(30)41-35)40-32(39)18-17-31(37)38/h22-25,29H,9-21H2,1-8H3,(H,37,38)/t24-,25-,29?,35+/m1/s1. The fourth-order valence-electron chi connectivity index (χ4n) is 6.32. The van der Waals surface area contributed by atoms with E-state index in [1.807, 2.05) is 20.8 Å². The maximum Gasteiger partial charge on any atom is 0.311 e. The summed E-state index contributed by atoms with van der Waals surface area (Å²) in [6.45, 7) is 17.3. The molecular weight excluding hydrogens is 516 g/mol. The second-order valence-corrected chi connectivity index (χ2v) is 13.4. The van der Waals surface area contributed by atoms with Gasteiger partial charge in [0.05, 0.1) is 12.8 Å². The number of hydrogen-bond donors (Lipinski definition) is 1. The number of aldehydes is 1. The SMILES string of the molecule is Cc1c(C)c2c(c(C)c1OC(=O)CCC(=O)O)CC[C@@](C)(C(CC=O)CC[C@H](C)CCC[C@H](C)CCCC(C)C)O2. The third-order valence-electron chi connectivity index (χ3n) is 9.40. The van der Waals surface area contributed by atoms with E-state index in [9.17, 15) is 14.4 Å². The van der Waals surface area contributed by atoms with Crippen molar-refractivity contribution < 1.29 is 29.0 Å². The van der Waals surface area contributed by atoms with Gasteiger partial charge in [0.25, 0.3) is 0 Å². The van der Waals surface area contributed by atoms with Crippen LogP contribution in [0, 0.1) is 44.4 Å². The Morgan fingerprint density at radius 1 is 0.902 bits per heavy atom. The molecule has 1 heterocycles. The summed E-state index contributed by atoms with van der Waals surface area (Å²) < 4.78 is 12.4. The van der Waals surface area contributed by atoms with E-state index in [0.29, 0.717) is 18.1 Å². The molecule has 2 rings (SSSR count). The Morgan fingerprint density at radius 2 is 1.51 bits per heavy atom. The maximum atomic E-state index is 12.3. The zero-order valence-electron chi connectivity index (χ0n) is 27.1. The molecule has 0 aromatic heterocycles. The van der Waals surface area contributed by atoms with Gasteiger partial charge in [-0.25, -0.2) is 0 Å². The zero-order valence-corrected chi connectivity index (χ0v) is 27.1. The van der Waals surface area contributed by atoms with Crippen LogP contribution in [0.25, 0.3) is 0 Å². The monoisotopic (exact) mass is 572 g/mol. The normalized spacial score (nSPS) is 18.8. The summed E-state index contributed by atoms with van der Waals surface area (Å²) in [6.07, 6.45) is 12.5. The third-order valence-corrected chi connectivity index (χ3v) is 9.40. The molecule has 0 bridgehead atoms. The number of benzene rings is 1.